The van der Waals surface area contributed by atoms with Gasteiger partial charge in [-0.2, -0.15) is 5.10 Å². The zero-order valence-electron chi connectivity index (χ0n) is 14.4. The summed E-state index contributed by atoms with van der Waals surface area (Å²) in [5, 5.41) is 8.07. The van der Waals surface area contributed by atoms with Gasteiger partial charge in [0.2, 0.25) is 5.91 Å². The van der Waals surface area contributed by atoms with Crippen molar-refractivity contribution in [3.8, 4) is 0 Å². The highest BCUT2D eigenvalue weighted by atomic mass is 16.2. The summed E-state index contributed by atoms with van der Waals surface area (Å²) in [5.41, 5.74) is 3.58. The van der Waals surface area contributed by atoms with Crippen LogP contribution in [0.1, 0.15) is 43.6 Å². The van der Waals surface area contributed by atoms with Crippen LogP contribution in [0.4, 0.5) is 0 Å². The first-order valence-corrected chi connectivity index (χ1v) is 7.76. The molecule has 0 aliphatic rings. The zero-order chi connectivity index (χ0) is 16.0. The van der Waals surface area contributed by atoms with E-state index in [1.165, 1.54) is 11.3 Å². The largest absolute Gasteiger partial charge is 0.349 e. The Morgan fingerprint density at radius 1 is 1.33 bits per heavy atom. The predicted octanol–water partition coefficient (Wildman–Crippen LogP) is 2.11. The summed E-state index contributed by atoms with van der Waals surface area (Å²) in [6.07, 6.45) is 1.41. The summed E-state index contributed by atoms with van der Waals surface area (Å²) >= 11 is 0. The molecule has 0 aromatic carbocycles. The number of aryl methyl sites for hydroxylation is 2. The van der Waals surface area contributed by atoms with Gasteiger partial charge in [0.1, 0.15) is 0 Å². The normalized spacial score (nSPS) is 11.2. The Morgan fingerprint density at radius 3 is 2.57 bits per heavy atom. The lowest BCUT2D eigenvalue weighted by atomic mass is 10.1. The van der Waals surface area contributed by atoms with Gasteiger partial charge < -0.3 is 10.2 Å². The molecular weight excluding hydrogens is 264 g/mol. The molecule has 1 aromatic rings. The minimum absolute atomic E-state index is 0.176. The van der Waals surface area contributed by atoms with Crippen LogP contribution in [0.2, 0.25) is 0 Å². The lowest BCUT2D eigenvalue weighted by Gasteiger charge is -2.10. The Hall–Kier alpha value is -1.36. The highest BCUT2D eigenvalue weighted by molar-refractivity contribution is 5.75. The molecule has 0 aliphatic heterocycles. The first-order chi connectivity index (χ1) is 9.82. The highest BCUT2D eigenvalue weighted by Crippen LogP contribution is 2.14. The third kappa shape index (κ3) is 5.50. The van der Waals surface area contributed by atoms with Crippen LogP contribution >= 0.6 is 0 Å². The Morgan fingerprint density at radius 2 is 2.00 bits per heavy atom. The van der Waals surface area contributed by atoms with Crippen LogP contribution < -0.4 is 5.32 Å². The molecule has 0 spiro atoms. The van der Waals surface area contributed by atoms with E-state index in [0.717, 1.165) is 31.7 Å². The van der Waals surface area contributed by atoms with Crippen molar-refractivity contribution in [1.29, 1.82) is 0 Å². The molecule has 1 heterocycles. The summed E-state index contributed by atoms with van der Waals surface area (Å²) in [6, 6.07) is 0. The number of hydrogen-bond donors (Lipinski definition) is 1. The maximum atomic E-state index is 11.6. The minimum Gasteiger partial charge on any atom is -0.349 e. The summed E-state index contributed by atoms with van der Waals surface area (Å²) in [7, 11) is 3.59. The van der Waals surface area contributed by atoms with Gasteiger partial charge in [-0.1, -0.05) is 13.8 Å². The molecule has 0 saturated heterocycles. The number of carbonyl (C=O) groups excluding carboxylic acids is 1. The van der Waals surface area contributed by atoms with E-state index in [-0.39, 0.29) is 5.91 Å². The summed E-state index contributed by atoms with van der Waals surface area (Å²) in [4.78, 5) is 13.2. The first kappa shape index (κ1) is 17.7. The fourth-order valence-electron chi connectivity index (χ4n) is 2.30. The van der Waals surface area contributed by atoms with Crippen LogP contribution in [0.15, 0.2) is 0 Å². The van der Waals surface area contributed by atoms with Gasteiger partial charge in [0.05, 0.1) is 5.69 Å². The number of nitrogens with zero attached hydrogens (tertiary/aromatic N) is 3. The van der Waals surface area contributed by atoms with Crippen molar-refractivity contribution >= 4 is 5.91 Å². The molecule has 0 aliphatic carbocycles. The van der Waals surface area contributed by atoms with Crippen LogP contribution in [-0.2, 0) is 17.9 Å². The molecule has 0 atom stereocenters. The average Bonchev–Trinajstić information content (AvgIpc) is 2.65. The van der Waals surface area contributed by atoms with Crippen LogP contribution in [0.5, 0.6) is 0 Å². The van der Waals surface area contributed by atoms with Gasteiger partial charge in [-0.05, 0) is 32.7 Å². The SMILES string of the molecule is Cc1nn(CCCC(=O)N(C)C)c(C)c1CNCC(C)C. The molecule has 1 amide bonds. The van der Waals surface area contributed by atoms with Crippen LogP contribution in [0, 0.1) is 19.8 Å². The zero-order valence-corrected chi connectivity index (χ0v) is 14.4. The second-order valence-corrected chi connectivity index (χ2v) is 6.29. The Bertz CT molecular complexity index is 463. The third-order valence-corrected chi connectivity index (χ3v) is 3.65. The van der Waals surface area contributed by atoms with Gasteiger partial charge in [-0.15, -0.1) is 0 Å². The molecule has 0 saturated carbocycles. The van der Waals surface area contributed by atoms with Crippen molar-refractivity contribution in [3.05, 3.63) is 17.0 Å². The molecule has 1 rings (SSSR count). The topological polar surface area (TPSA) is 50.2 Å². The van der Waals surface area contributed by atoms with E-state index in [1.807, 2.05) is 4.68 Å². The van der Waals surface area contributed by atoms with Crippen molar-refractivity contribution in [3.63, 3.8) is 0 Å². The van der Waals surface area contributed by atoms with E-state index in [0.29, 0.717) is 12.3 Å². The van der Waals surface area contributed by atoms with E-state index in [4.69, 9.17) is 0 Å². The molecule has 120 valence electrons. The number of rotatable bonds is 8. The van der Waals surface area contributed by atoms with Gasteiger partial charge >= 0.3 is 0 Å². The molecule has 0 fully saturated rings. The molecule has 0 radical (unpaired) electrons. The van der Waals surface area contributed by atoms with E-state index in [1.54, 1.807) is 19.0 Å². The standard InChI is InChI=1S/C16H30N4O/c1-12(2)10-17-11-15-13(3)18-20(14(15)4)9-7-8-16(21)19(5)6/h12,17H,7-11H2,1-6H3. The number of aromatic nitrogens is 2. The Labute approximate surface area is 128 Å². The minimum atomic E-state index is 0.176. The van der Waals surface area contributed by atoms with E-state index in [2.05, 4.69) is 38.1 Å². The fourth-order valence-corrected chi connectivity index (χ4v) is 2.30. The van der Waals surface area contributed by atoms with Crippen molar-refractivity contribution in [1.82, 2.24) is 20.0 Å². The molecule has 1 aromatic heterocycles. The third-order valence-electron chi connectivity index (χ3n) is 3.65. The fraction of sp³-hybridized carbons (Fsp3) is 0.750. The maximum absolute atomic E-state index is 11.6. The van der Waals surface area contributed by atoms with Gasteiger partial charge in [-0.25, -0.2) is 0 Å². The van der Waals surface area contributed by atoms with E-state index < -0.39 is 0 Å². The number of hydrogen-bond acceptors (Lipinski definition) is 3. The Kier molecular flexibility index (Phi) is 6.89. The van der Waals surface area contributed by atoms with Gasteiger partial charge in [0, 0.05) is 44.9 Å². The predicted molar refractivity (Wildman–Crippen MR) is 86.2 cm³/mol. The van der Waals surface area contributed by atoms with Crippen molar-refractivity contribution < 1.29 is 4.79 Å². The monoisotopic (exact) mass is 294 g/mol. The van der Waals surface area contributed by atoms with E-state index in [9.17, 15) is 4.79 Å². The summed E-state index contributed by atoms with van der Waals surface area (Å²) < 4.78 is 2.03. The quantitative estimate of drug-likeness (QED) is 0.799. The molecular formula is C16H30N4O. The lowest BCUT2D eigenvalue weighted by Crippen LogP contribution is -2.21. The number of amides is 1. The molecule has 0 unspecified atom stereocenters. The van der Waals surface area contributed by atoms with Gasteiger partial charge in [0.15, 0.2) is 0 Å². The second kappa shape index (κ2) is 8.17. The average molecular weight is 294 g/mol. The van der Waals surface area contributed by atoms with Gasteiger partial charge in [0.25, 0.3) is 0 Å². The Balaban J connectivity index is 2.54. The van der Waals surface area contributed by atoms with Crippen molar-refractivity contribution in [2.45, 2.75) is 53.6 Å². The molecule has 0 bridgehead atoms. The molecule has 5 heteroatoms. The van der Waals surface area contributed by atoms with Gasteiger partial charge in [-0.3, -0.25) is 9.48 Å². The maximum Gasteiger partial charge on any atom is 0.222 e. The van der Waals surface area contributed by atoms with Crippen LogP contribution in [-0.4, -0.2) is 41.2 Å². The van der Waals surface area contributed by atoms with Crippen molar-refractivity contribution in [2.75, 3.05) is 20.6 Å². The highest BCUT2D eigenvalue weighted by Gasteiger charge is 2.12. The smallest absolute Gasteiger partial charge is 0.222 e. The first-order valence-electron chi connectivity index (χ1n) is 7.76. The van der Waals surface area contributed by atoms with Crippen LogP contribution in [0.25, 0.3) is 0 Å². The molecule has 5 nitrogen and oxygen atoms in total. The number of carbonyl (C=O) groups is 1. The van der Waals surface area contributed by atoms with Crippen molar-refractivity contribution in [2.24, 2.45) is 5.92 Å². The second-order valence-electron chi connectivity index (χ2n) is 6.29. The summed E-state index contributed by atoms with van der Waals surface area (Å²) in [5.74, 6) is 0.827. The molecule has 21 heavy (non-hydrogen) atoms. The lowest BCUT2D eigenvalue weighted by molar-refractivity contribution is -0.128. The van der Waals surface area contributed by atoms with E-state index >= 15 is 0 Å². The van der Waals surface area contributed by atoms with Crippen LogP contribution in [0.3, 0.4) is 0 Å². The summed E-state index contributed by atoms with van der Waals surface area (Å²) in [6.45, 7) is 11.3. The number of nitrogens with one attached hydrogen (secondary N) is 1. The molecule has 1 N–H and O–H groups in total.